The van der Waals surface area contributed by atoms with Gasteiger partial charge in [0, 0.05) is 0 Å². The van der Waals surface area contributed by atoms with Gasteiger partial charge in [-0.15, -0.1) is 17.4 Å². The van der Waals surface area contributed by atoms with Gasteiger partial charge >= 0.3 is 10.1 Å². The molecule has 100 valence electrons. The van der Waals surface area contributed by atoms with Crippen LogP contribution in [-0.4, -0.2) is 15.2 Å². The maximum Gasteiger partial charge on any atom is 2.00 e. The van der Waals surface area contributed by atoms with Crippen molar-refractivity contribution < 1.29 is 6.53 Å². The summed E-state index contributed by atoms with van der Waals surface area (Å²) < 4.78 is 0. The summed E-state index contributed by atoms with van der Waals surface area (Å²) in [7, 11) is 0. The Labute approximate surface area is 132 Å². The molecule has 0 saturated carbocycles. The first kappa shape index (κ1) is 14.0. The van der Waals surface area contributed by atoms with Crippen molar-refractivity contribution in [1.29, 1.82) is 0 Å². The smallest absolute Gasteiger partial charge is 1.00 e. The number of aromatic hydroxyl groups is 1. The van der Waals surface area contributed by atoms with Crippen LogP contribution >= 0.6 is 11.8 Å². The third-order valence-corrected chi connectivity index (χ3v) is 4.70. The number of thioether (sulfide) groups is 1. The second kappa shape index (κ2) is 5.44. The van der Waals surface area contributed by atoms with Gasteiger partial charge < -0.3 is 11.8 Å². The van der Waals surface area contributed by atoms with E-state index < -0.39 is 0 Å². The summed E-state index contributed by atoms with van der Waals surface area (Å²) in [4.78, 5) is 1.17. The molecular weight excluding hydrogens is 275 g/mol. The van der Waals surface area contributed by atoms with E-state index in [0.717, 1.165) is 22.0 Å². The number of benzene rings is 3. The van der Waals surface area contributed by atoms with Gasteiger partial charge in [0.1, 0.15) is 5.75 Å². The number of phenols is 1. The van der Waals surface area contributed by atoms with Crippen LogP contribution < -0.4 is 0 Å². The molecule has 1 atom stereocenters. The molecule has 0 aliphatic carbocycles. The first-order valence-electron chi connectivity index (χ1n) is 6.49. The van der Waals surface area contributed by atoms with Crippen LogP contribution in [0.4, 0.5) is 5.69 Å². The minimum Gasteiger partial charge on any atom is -1.00 e. The quantitative estimate of drug-likeness (QED) is 0.633. The third-order valence-electron chi connectivity index (χ3n) is 3.52. The van der Waals surface area contributed by atoms with Gasteiger partial charge in [-0.25, -0.2) is 0 Å². The number of hydrogen-bond acceptors (Lipinski definition) is 2. The predicted molar refractivity (Wildman–Crippen MR) is 90.5 cm³/mol. The molecule has 0 saturated heterocycles. The summed E-state index contributed by atoms with van der Waals surface area (Å²) in [6.07, 6.45) is 0. The van der Waals surface area contributed by atoms with Crippen molar-refractivity contribution in [1.82, 2.24) is 0 Å². The average molecular weight is 288 g/mol. The van der Waals surface area contributed by atoms with E-state index in [1.54, 1.807) is 11.8 Å². The Bertz CT molecular complexity index is 787. The molecule has 0 bridgehead atoms. The van der Waals surface area contributed by atoms with Gasteiger partial charge in [-0.3, -0.25) is 0 Å². The van der Waals surface area contributed by atoms with Crippen LogP contribution in [0.25, 0.3) is 16.1 Å². The van der Waals surface area contributed by atoms with Crippen LogP contribution in [0.5, 0.6) is 5.75 Å². The SMILES string of the molecule is Oc1cc2ccccc2cc1C1[N-]c2ccccc2S1.[Be+2].[H-]. The summed E-state index contributed by atoms with van der Waals surface area (Å²) in [6.45, 7) is 0. The van der Waals surface area contributed by atoms with Crippen LogP contribution in [0.2, 0.25) is 0 Å². The number of nitrogens with zero attached hydrogens (tertiary/aromatic N) is 1. The van der Waals surface area contributed by atoms with E-state index in [9.17, 15) is 5.11 Å². The number of rotatable bonds is 1. The van der Waals surface area contributed by atoms with E-state index in [1.807, 2.05) is 48.5 Å². The predicted octanol–water partition coefficient (Wildman–Crippen LogP) is 5.09. The Morgan fingerprint density at radius 2 is 1.62 bits per heavy atom. The van der Waals surface area contributed by atoms with E-state index in [1.165, 1.54) is 4.90 Å². The molecule has 0 amide bonds. The fraction of sp³-hybridized carbons (Fsp3) is 0.0588. The number of hydrogen-bond donors (Lipinski definition) is 1. The molecule has 0 aromatic heterocycles. The molecule has 1 aliphatic rings. The zero-order valence-electron chi connectivity index (χ0n) is 12.4. The molecule has 1 heterocycles. The molecule has 1 N–H and O–H groups in total. The standard InChI is InChI=1S/C17H12NOS.Be.H/c19-15-10-12-6-2-1-5-11(12)9-13(15)17-18-14-7-3-4-8-16(14)20-17;;/h1-10,17,19H;;/q-1;+2;-1. The Morgan fingerprint density at radius 3 is 2.38 bits per heavy atom. The topological polar surface area (TPSA) is 34.3 Å². The molecule has 4 rings (SSSR count). The first-order valence-corrected chi connectivity index (χ1v) is 7.37. The van der Waals surface area contributed by atoms with Gasteiger partial charge in [0.15, 0.2) is 0 Å². The van der Waals surface area contributed by atoms with Crippen LogP contribution in [0.1, 0.15) is 12.4 Å². The summed E-state index contributed by atoms with van der Waals surface area (Å²) in [5.41, 5.74) is 1.89. The van der Waals surface area contributed by atoms with Crippen molar-refractivity contribution in [3.05, 3.63) is 71.5 Å². The van der Waals surface area contributed by atoms with E-state index in [2.05, 4.69) is 12.1 Å². The summed E-state index contributed by atoms with van der Waals surface area (Å²) in [5, 5.41) is 17.1. The van der Waals surface area contributed by atoms with Gasteiger partial charge in [0.25, 0.3) is 0 Å². The molecule has 0 fully saturated rings. The van der Waals surface area contributed by atoms with E-state index in [4.69, 9.17) is 5.32 Å². The van der Waals surface area contributed by atoms with Crippen LogP contribution in [0.15, 0.2) is 65.6 Å². The number of para-hydroxylation sites is 1. The second-order valence-electron chi connectivity index (χ2n) is 4.83. The van der Waals surface area contributed by atoms with Gasteiger partial charge in [-0.05, 0) is 44.8 Å². The monoisotopic (exact) mass is 288 g/mol. The van der Waals surface area contributed by atoms with Gasteiger partial charge in [0.2, 0.25) is 0 Å². The van der Waals surface area contributed by atoms with Crippen molar-refractivity contribution in [2.75, 3.05) is 0 Å². The fourth-order valence-corrected chi connectivity index (χ4v) is 3.63. The molecular formula is C17H13BeNOS. The third kappa shape index (κ3) is 2.39. The summed E-state index contributed by atoms with van der Waals surface area (Å²) >= 11 is 1.69. The second-order valence-corrected chi connectivity index (χ2v) is 5.95. The maximum absolute atomic E-state index is 10.3. The van der Waals surface area contributed by atoms with E-state index in [0.29, 0.717) is 5.75 Å². The van der Waals surface area contributed by atoms with Crippen LogP contribution in [-0.2, 0) is 0 Å². The Kier molecular flexibility index (Phi) is 3.62. The Hall–Kier alpha value is -1.96. The van der Waals surface area contributed by atoms with Crippen molar-refractivity contribution in [3.63, 3.8) is 0 Å². The normalized spacial score (nSPS) is 16.1. The fourth-order valence-electron chi connectivity index (χ4n) is 2.51. The summed E-state index contributed by atoms with van der Waals surface area (Å²) in [6, 6.07) is 20.0. The average Bonchev–Trinajstić information content (AvgIpc) is 2.90. The Balaban J connectivity index is 0.000000882. The molecule has 3 aromatic carbocycles. The van der Waals surface area contributed by atoms with E-state index in [-0.39, 0.29) is 16.9 Å². The van der Waals surface area contributed by atoms with Gasteiger partial charge in [-0.2, -0.15) is 0 Å². The molecule has 0 radical (unpaired) electrons. The minimum absolute atomic E-state index is 0. The molecule has 21 heavy (non-hydrogen) atoms. The van der Waals surface area contributed by atoms with Crippen molar-refractivity contribution >= 4 is 38.3 Å². The van der Waals surface area contributed by atoms with Crippen LogP contribution in [0, 0.1) is 0 Å². The molecule has 4 heteroatoms. The first-order chi connectivity index (χ1) is 9.81. The van der Waals surface area contributed by atoms with Gasteiger partial charge in [0.05, 0.1) is 0 Å². The number of fused-ring (bicyclic) bond motifs is 2. The van der Waals surface area contributed by atoms with Crippen molar-refractivity contribution in [2.45, 2.75) is 10.3 Å². The van der Waals surface area contributed by atoms with Gasteiger partial charge in [-0.1, -0.05) is 42.5 Å². The maximum atomic E-state index is 10.3. The number of phenolic OH excluding ortho intramolecular Hbond substituents is 1. The zero-order chi connectivity index (χ0) is 13.5. The molecule has 1 unspecified atom stereocenters. The molecule has 1 aliphatic heterocycles. The van der Waals surface area contributed by atoms with E-state index >= 15 is 0 Å². The zero-order valence-corrected chi connectivity index (χ0v) is 12.2. The van der Waals surface area contributed by atoms with Crippen molar-refractivity contribution in [3.8, 4) is 5.75 Å². The molecule has 3 aromatic rings. The molecule has 0 spiro atoms. The van der Waals surface area contributed by atoms with Crippen LogP contribution in [0.3, 0.4) is 0 Å². The minimum atomic E-state index is -0.0583. The largest absolute Gasteiger partial charge is 2.00 e. The Morgan fingerprint density at radius 1 is 0.952 bits per heavy atom. The van der Waals surface area contributed by atoms with Crippen molar-refractivity contribution in [2.24, 2.45) is 0 Å². The molecule has 2 nitrogen and oxygen atoms in total. The summed E-state index contributed by atoms with van der Waals surface area (Å²) in [5.74, 6) is 0.317.